The van der Waals surface area contributed by atoms with Crippen molar-refractivity contribution < 1.29 is 9.18 Å². The van der Waals surface area contributed by atoms with Crippen molar-refractivity contribution >= 4 is 11.7 Å². The summed E-state index contributed by atoms with van der Waals surface area (Å²) in [5.41, 5.74) is 14.6. The van der Waals surface area contributed by atoms with Crippen LogP contribution in [0.2, 0.25) is 0 Å². The summed E-state index contributed by atoms with van der Waals surface area (Å²) in [4.78, 5) is 14.5. The average Bonchev–Trinajstić information content (AvgIpc) is 3.40. The molecule has 0 aliphatic carbocycles. The molecule has 0 atom stereocenters. The van der Waals surface area contributed by atoms with Crippen LogP contribution in [0.15, 0.2) is 42.4 Å². The van der Waals surface area contributed by atoms with Crippen molar-refractivity contribution in [3.05, 3.63) is 48.1 Å². The number of halogens is 1. The number of alkyl halides is 1. The molecule has 27 heavy (non-hydrogen) atoms. The first-order chi connectivity index (χ1) is 13.0. The quantitative estimate of drug-likeness (QED) is 0.803. The second-order valence-electron chi connectivity index (χ2n) is 6.39. The Labute approximate surface area is 158 Å². The van der Waals surface area contributed by atoms with Gasteiger partial charge >= 0.3 is 0 Å². The molecule has 8 heteroatoms. The van der Waals surface area contributed by atoms with Gasteiger partial charge in [0.2, 0.25) is 0 Å². The highest BCUT2D eigenvalue weighted by atomic mass is 19.1. The molecule has 1 fully saturated rings. The topological polar surface area (TPSA) is 95.1 Å². The lowest BCUT2D eigenvalue weighted by atomic mass is 10.2. The van der Waals surface area contributed by atoms with Crippen LogP contribution in [0, 0.1) is 0 Å². The van der Waals surface area contributed by atoms with Gasteiger partial charge in [0.05, 0.1) is 12.9 Å². The van der Waals surface area contributed by atoms with Crippen LogP contribution >= 0.6 is 0 Å². The Hall–Kier alpha value is -3.03. The van der Waals surface area contributed by atoms with Crippen LogP contribution in [0.25, 0.3) is 17.1 Å². The summed E-state index contributed by atoms with van der Waals surface area (Å²) < 4.78 is 13.0. The number of hydrogen-bond acceptors (Lipinski definition) is 4. The number of rotatable bonds is 4. The summed E-state index contributed by atoms with van der Waals surface area (Å²) >= 11 is 0. The maximum atomic E-state index is 12.7. The fraction of sp³-hybridized carbons (Fsp3) is 0.368. The minimum absolute atomic E-state index is 0.0493. The lowest BCUT2D eigenvalue weighted by Gasteiger charge is -2.12. The van der Waals surface area contributed by atoms with Crippen molar-refractivity contribution in [2.24, 2.45) is 18.5 Å². The molecule has 0 spiro atoms. The predicted molar refractivity (Wildman–Crippen MR) is 105 cm³/mol. The molecule has 0 saturated carbocycles. The maximum Gasteiger partial charge on any atom is 0.274 e. The minimum Gasteiger partial charge on any atom is -0.402 e. The summed E-state index contributed by atoms with van der Waals surface area (Å²) in [5, 5.41) is 4.47. The number of nitrogens with zero attached hydrogens (tertiary/aromatic N) is 4. The van der Waals surface area contributed by atoms with Gasteiger partial charge in [-0.1, -0.05) is 0 Å². The molecule has 0 radical (unpaired) electrons. The van der Waals surface area contributed by atoms with Gasteiger partial charge in [0, 0.05) is 43.8 Å². The van der Waals surface area contributed by atoms with Gasteiger partial charge in [0.1, 0.15) is 5.82 Å². The monoisotopic (exact) mass is 374 g/mol. The Morgan fingerprint density at radius 3 is 2.44 bits per heavy atom. The molecule has 2 aromatic heterocycles. The lowest BCUT2D eigenvalue weighted by Crippen LogP contribution is -2.28. The summed E-state index contributed by atoms with van der Waals surface area (Å²) in [6.07, 6.45) is 9.40. The van der Waals surface area contributed by atoms with Gasteiger partial charge < -0.3 is 20.9 Å². The number of aryl methyl sites for hydroxylation is 1. The Balaban J connectivity index is 0.00000126. The highest BCUT2D eigenvalue weighted by Gasteiger charge is 2.24. The number of carbonyl (C=O) groups excluding carboxylic acids is 1. The molecule has 0 aromatic carbocycles. The van der Waals surface area contributed by atoms with Crippen molar-refractivity contribution in [3.8, 4) is 11.3 Å². The van der Waals surface area contributed by atoms with E-state index in [1.54, 1.807) is 29.8 Å². The third-order valence-corrected chi connectivity index (χ3v) is 4.21. The second kappa shape index (κ2) is 9.07. The van der Waals surface area contributed by atoms with Crippen LogP contribution in [0.1, 0.15) is 30.3 Å². The van der Waals surface area contributed by atoms with E-state index < -0.39 is 0 Å². The highest BCUT2D eigenvalue weighted by molar-refractivity contribution is 5.94. The molecule has 1 saturated heterocycles. The van der Waals surface area contributed by atoms with E-state index in [1.165, 1.54) is 0 Å². The molecule has 0 bridgehead atoms. The molecular weight excluding hydrogens is 347 g/mol. The molecule has 3 heterocycles. The average molecular weight is 374 g/mol. The van der Waals surface area contributed by atoms with E-state index in [2.05, 4.69) is 5.10 Å². The van der Waals surface area contributed by atoms with Gasteiger partial charge in [-0.05, 0) is 44.1 Å². The Bertz CT molecular complexity index is 838. The van der Waals surface area contributed by atoms with Gasteiger partial charge in [-0.25, -0.2) is 4.68 Å². The second-order valence-corrected chi connectivity index (χ2v) is 6.39. The van der Waals surface area contributed by atoms with Crippen molar-refractivity contribution in [1.29, 1.82) is 0 Å². The normalized spacial score (nSPS) is 14.9. The van der Waals surface area contributed by atoms with E-state index in [0.717, 1.165) is 37.2 Å². The van der Waals surface area contributed by atoms with Crippen LogP contribution < -0.4 is 11.5 Å². The summed E-state index contributed by atoms with van der Waals surface area (Å²) in [5.74, 6) is 0.357. The summed E-state index contributed by atoms with van der Waals surface area (Å²) in [6, 6.07) is 3.77. The van der Waals surface area contributed by atoms with Gasteiger partial charge in [-0.3, -0.25) is 9.18 Å². The fourth-order valence-corrected chi connectivity index (χ4v) is 2.91. The molecular formula is C19H27FN6O. The van der Waals surface area contributed by atoms with E-state index in [4.69, 9.17) is 11.5 Å². The molecule has 1 amide bonds. The number of likely N-dealkylation sites (tertiary alicyclic amines) is 1. The van der Waals surface area contributed by atoms with Gasteiger partial charge in [0.15, 0.2) is 5.69 Å². The van der Waals surface area contributed by atoms with E-state index in [-0.39, 0.29) is 5.91 Å². The highest BCUT2D eigenvalue weighted by Crippen LogP contribution is 2.24. The van der Waals surface area contributed by atoms with Gasteiger partial charge in [-0.2, -0.15) is 5.10 Å². The smallest absolute Gasteiger partial charge is 0.274 e. The Morgan fingerprint density at radius 1 is 1.22 bits per heavy atom. The van der Waals surface area contributed by atoms with E-state index >= 15 is 0 Å². The summed E-state index contributed by atoms with van der Waals surface area (Å²) in [6.45, 7) is 3.35. The van der Waals surface area contributed by atoms with Crippen LogP contribution in [0.4, 0.5) is 4.39 Å². The third kappa shape index (κ3) is 4.78. The maximum absolute atomic E-state index is 12.7. The third-order valence-electron chi connectivity index (χ3n) is 4.21. The Morgan fingerprint density at radius 2 is 1.89 bits per heavy atom. The number of amides is 1. The molecule has 0 unspecified atom stereocenters. The Kier molecular flexibility index (Phi) is 6.81. The van der Waals surface area contributed by atoms with Gasteiger partial charge in [-0.15, -0.1) is 0 Å². The SMILES string of the molecule is C/C(N)=C/C=C(\N)n1nc(C(=O)N2CCCC2)cc1-c1ccn(C)c1.CF. The molecule has 3 rings (SSSR count). The minimum atomic E-state index is -0.0493. The van der Waals surface area contributed by atoms with Crippen molar-refractivity contribution in [2.45, 2.75) is 19.8 Å². The molecule has 2 aromatic rings. The van der Waals surface area contributed by atoms with E-state index in [9.17, 15) is 9.18 Å². The molecule has 1 aliphatic rings. The van der Waals surface area contributed by atoms with E-state index in [1.807, 2.05) is 35.0 Å². The number of nitrogens with two attached hydrogens (primary N) is 2. The number of allylic oxidation sites excluding steroid dienone is 3. The molecule has 4 N–H and O–H groups in total. The first kappa shape index (κ1) is 20.3. The fourth-order valence-electron chi connectivity index (χ4n) is 2.91. The van der Waals surface area contributed by atoms with Crippen LogP contribution in [0.3, 0.4) is 0 Å². The number of carbonyl (C=O) groups is 1. The van der Waals surface area contributed by atoms with E-state index in [0.29, 0.717) is 24.4 Å². The largest absolute Gasteiger partial charge is 0.402 e. The van der Waals surface area contributed by atoms with Crippen molar-refractivity contribution in [2.75, 3.05) is 20.3 Å². The zero-order valence-corrected chi connectivity index (χ0v) is 16.0. The summed E-state index contributed by atoms with van der Waals surface area (Å²) in [7, 11) is 2.44. The van der Waals surface area contributed by atoms with Crippen molar-refractivity contribution in [3.63, 3.8) is 0 Å². The van der Waals surface area contributed by atoms with Crippen molar-refractivity contribution in [1.82, 2.24) is 19.2 Å². The standard InChI is InChI=1S/C18H24N6O.CH3F/c1-13(19)5-6-17(20)24-16(14-7-10-22(2)12-14)11-15(21-24)18(25)23-8-3-4-9-23;1-2/h5-7,10-12H,3-4,8-9,19-20H2,1-2H3;1H3/b13-5-,17-6+;. The predicted octanol–water partition coefficient (Wildman–Crippen LogP) is 2.33. The molecule has 7 nitrogen and oxygen atoms in total. The van der Waals surface area contributed by atoms with Crippen LogP contribution in [-0.2, 0) is 7.05 Å². The zero-order valence-electron chi connectivity index (χ0n) is 16.0. The lowest BCUT2D eigenvalue weighted by molar-refractivity contribution is 0.0786. The number of hydrogen-bond donors (Lipinski definition) is 2. The molecule has 146 valence electrons. The zero-order chi connectivity index (χ0) is 20.0. The number of aromatic nitrogens is 3. The van der Waals surface area contributed by atoms with Crippen LogP contribution in [-0.4, -0.2) is 45.4 Å². The molecule has 1 aliphatic heterocycles. The van der Waals surface area contributed by atoms with Crippen LogP contribution in [0.5, 0.6) is 0 Å². The first-order valence-electron chi connectivity index (χ1n) is 8.75. The first-order valence-corrected chi connectivity index (χ1v) is 8.75. The van der Waals surface area contributed by atoms with Gasteiger partial charge in [0.25, 0.3) is 5.91 Å².